The third-order valence-corrected chi connectivity index (χ3v) is 2.97. The lowest BCUT2D eigenvalue weighted by molar-refractivity contribution is -0.143. The van der Waals surface area contributed by atoms with Crippen LogP contribution in [-0.4, -0.2) is 41.3 Å². The zero-order valence-electron chi connectivity index (χ0n) is 8.16. The zero-order chi connectivity index (χ0) is 10.6. The Labute approximate surface area is 91.7 Å². The Kier molecular flexibility index (Phi) is 4.38. The molecule has 1 amide bonds. The molecule has 1 unspecified atom stereocenters. The van der Waals surface area contributed by atoms with Gasteiger partial charge in [0.15, 0.2) is 0 Å². The Bertz CT molecular complexity index is 232. The van der Waals surface area contributed by atoms with E-state index in [1.165, 1.54) is 0 Å². The first-order chi connectivity index (χ1) is 6.65. The monoisotopic (exact) mass is 263 g/mol. The molecule has 1 heterocycles. The number of likely N-dealkylation sites (tertiary alicyclic amines) is 1. The van der Waals surface area contributed by atoms with Gasteiger partial charge in [-0.25, -0.2) is 0 Å². The highest BCUT2D eigenvalue weighted by molar-refractivity contribution is 9.10. The van der Waals surface area contributed by atoms with E-state index in [2.05, 4.69) is 15.9 Å². The average molecular weight is 264 g/mol. The first-order valence-electron chi connectivity index (χ1n) is 4.73. The molecule has 0 aromatic carbocycles. The number of hydrogen-bond donors (Lipinski definition) is 0. The number of rotatable bonds is 4. The van der Waals surface area contributed by atoms with E-state index in [9.17, 15) is 9.59 Å². The molecule has 0 spiro atoms. The summed E-state index contributed by atoms with van der Waals surface area (Å²) in [6.07, 6.45) is 1.11. The van der Waals surface area contributed by atoms with Crippen molar-refractivity contribution in [3.63, 3.8) is 0 Å². The van der Waals surface area contributed by atoms with Gasteiger partial charge in [0, 0.05) is 13.1 Å². The topological polar surface area (TPSA) is 46.6 Å². The van der Waals surface area contributed by atoms with Gasteiger partial charge in [-0.2, -0.15) is 0 Å². The number of carbonyl (C=O) groups is 2. The van der Waals surface area contributed by atoms with Crippen molar-refractivity contribution < 1.29 is 14.3 Å². The summed E-state index contributed by atoms with van der Waals surface area (Å²) in [7, 11) is 0. The molecule has 5 heteroatoms. The predicted molar refractivity (Wildman–Crippen MR) is 55.2 cm³/mol. The zero-order valence-corrected chi connectivity index (χ0v) is 9.75. The molecule has 1 rings (SSSR count). The molecule has 0 bridgehead atoms. The summed E-state index contributed by atoms with van der Waals surface area (Å²) in [6, 6.07) is 0. The Balaban J connectivity index is 2.25. The summed E-state index contributed by atoms with van der Waals surface area (Å²) in [5.74, 6) is -0.160. The molecule has 0 aliphatic carbocycles. The normalized spacial score (nSPS) is 21.4. The standard InChI is InChI=1S/C9H14BrNO3/c1-2-14-8(12)4-6-11-5-3-7(10)9(11)13/h7H,2-6H2,1H3. The van der Waals surface area contributed by atoms with Gasteiger partial charge in [-0.05, 0) is 13.3 Å². The summed E-state index contributed by atoms with van der Waals surface area (Å²) < 4.78 is 4.78. The number of amides is 1. The number of ether oxygens (including phenoxy) is 1. The molecule has 0 radical (unpaired) electrons. The van der Waals surface area contributed by atoms with Crippen molar-refractivity contribution >= 4 is 27.8 Å². The van der Waals surface area contributed by atoms with Crippen molar-refractivity contribution in [1.29, 1.82) is 0 Å². The van der Waals surface area contributed by atoms with Crippen LogP contribution in [0.15, 0.2) is 0 Å². The number of halogens is 1. The minimum atomic E-state index is -0.238. The second-order valence-corrected chi connectivity index (χ2v) is 4.24. The number of nitrogens with zero attached hydrogens (tertiary/aromatic N) is 1. The summed E-state index contributed by atoms with van der Waals surface area (Å²) >= 11 is 3.27. The lowest BCUT2D eigenvalue weighted by atomic mass is 10.4. The van der Waals surface area contributed by atoms with Crippen molar-refractivity contribution in [2.45, 2.75) is 24.6 Å². The summed E-state index contributed by atoms with van der Waals surface area (Å²) in [6.45, 7) is 3.37. The second-order valence-electron chi connectivity index (χ2n) is 3.14. The third kappa shape index (κ3) is 2.97. The van der Waals surface area contributed by atoms with Crippen LogP contribution in [-0.2, 0) is 14.3 Å². The molecule has 14 heavy (non-hydrogen) atoms. The van der Waals surface area contributed by atoms with E-state index in [4.69, 9.17) is 4.74 Å². The summed E-state index contributed by atoms with van der Waals surface area (Å²) in [4.78, 5) is 24.0. The van der Waals surface area contributed by atoms with Crippen molar-refractivity contribution in [3.05, 3.63) is 0 Å². The Hall–Kier alpha value is -0.580. The molecular formula is C9H14BrNO3. The first kappa shape index (κ1) is 11.5. The Morgan fingerprint density at radius 3 is 2.93 bits per heavy atom. The van der Waals surface area contributed by atoms with Crippen LogP contribution in [0.1, 0.15) is 19.8 Å². The highest BCUT2D eigenvalue weighted by atomic mass is 79.9. The molecule has 0 aromatic heterocycles. The van der Waals surface area contributed by atoms with Crippen molar-refractivity contribution in [2.24, 2.45) is 0 Å². The minimum Gasteiger partial charge on any atom is -0.466 e. The average Bonchev–Trinajstić information content (AvgIpc) is 2.46. The molecule has 80 valence electrons. The van der Waals surface area contributed by atoms with Gasteiger partial charge in [0.25, 0.3) is 0 Å². The van der Waals surface area contributed by atoms with E-state index < -0.39 is 0 Å². The number of esters is 1. The van der Waals surface area contributed by atoms with Crippen molar-refractivity contribution in [1.82, 2.24) is 4.90 Å². The maximum Gasteiger partial charge on any atom is 0.307 e. The molecule has 4 nitrogen and oxygen atoms in total. The van der Waals surface area contributed by atoms with E-state index >= 15 is 0 Å². The van der Waals surface area contributed by atoms with Crippen LogP contribution >= 0.6 is 15.9 Å². The lowest BCUT2D eigenvalue weighted by Crippen LogP contribution is -2.30. The van der Waals surface area contributed by atoms with Crippen LogP contribution in [0, 0.1) is 0 Å². The third-order valence-electron chi connectivity index (χ3n) is 2.12. The second kappa shape index (κ2) is 5.34. The van der Waals surface area contributed by atoms with Gasteiger partial charge < -0.3 is 9.64 Å². The van der Waals surface area contributed by atoms with E-state index in [-0.39, 0.29) is 16.7 Å². The van der Waals surface area contributed by atoms with Crippen LogP contribution in [0.5, 0.6) is 0 Å². The van der Waals surface area contributed by atoms with Crippen LogP contribution in [0.25, 0.3) is 0 Å². The minimum absolute atomic E-state index is 0.0651. The van der Waals surface area contributed by atoms with Gasteiger partial charge in [-0.3, -0.25) is 9.59 Å². The van der Waals surface area contributed by atoms with E-state index in [1.807, 2.05) is 0 Å². The highest BCUT2D eigenvalue weighted by Crippen LogP contribution is 2.18. The van der Waals surface area contributed by atoms with E-state index in [1.54, 1.807) is 11.8 Å². The lowest BCUT2D eigenvalue weighted by Gasteiger charge is -2.14. The fraction of sp³-hybridized carbons (Fsp3) is 0.778. The smallest absolute Gasteiger partial charge is 0.307 e. The fourth-order valence-corrected chi connectivity index (χ4v) is 1.88. The Morgan fingerprint density at radius 2 is 2.43 bits per heavy atom. The molecule has 1 aliphatic heterocycles. The van der Waals surface area contributed by atoms with Gasteiger partial charge in [-0.15, -0.1) is 0 Å². The van der Waals surface area contributed by atoms with Gasteiger partial charge in [-0.1, -0.05) is 15.9 Å². The van der Waals surface area contributed by atoms with Gasteiger partial charge in [0.2, 0.25) is 5.91 Å². The SMILES string of the molecule is CCOC(=O)CCN1CCC(Br)C1=O. The van der Waals surface area contributed by atoms with E-state index in [0.29, 0.717) is 19.6 Å². The largest absolute Gasteiger partial charge is 0.466 e. The molecule has 1 fully saturated rings. The fourth-order valence-electron chi connectivity index (χ4n) is 1.38. The van der Waals surface area contributed by atoms with Crippen LogP contribution in [0.2, 0.25) is 0 Å². The quantitative estimate of drug-likeness (QED) is 0.560. The summed E-state index contributed by atoms with van der Waals surface area (Å²) in [5, 5.41) is 0. The number of hydrogen-bond acceptors (Lipinski definition) is 3. The molecule has 0 N–H and O–H groups in total. The molecule has 1 saturated heterocycles. The molecule has 1 atom stereocenters. The number of alkyl halides is 1. The van der Waals surface area contributed by atoms with Crippen LogP contribution < -0.4 is 0 Å². The first-order valence-corrected chi connectivity index (χ1v) is 5.65. The summed E-state index contributed by atoms with van der Waals surface area (Å²) in [5.41, 5.74) is 0. The number of carbonyl (C=O) groups excluding carboxylic acids is 2. The molecule has 0 aromatic rings. The Morgan fingerprint density at radius 1 is 1.71 bits per heavy atom. The predicted octanol–water partition coefficient (Wildman–Crippen LogP) is 0.935. The molecule has 0 saturated carbocycles. The van der Waals surface area contributed by atoms with E-state index in [0.717, 1.165) is 13.0 Å². The maximum absolute atomic E-state index is 11.4. The van der Waals surface area contributed by atoms with Gasteiger partial charge in [0.1, 0.15) is 0 Å². The molecule has 1 aliphatic rings. The van der Waals surface area contributed by atoms with Crippen molar-refractivity contribution in [3.8, 4) is 0 Å². The maximum atomic E-state index is 11.4. The van der Waals surface area contributed by atoms with Crippen LogP contribution in [0.4, 0.5) is 0 Å². The van der Waals surface area contributed by atoms with Gasteiger partial charge >= 0.3 is 5.97 Å². The highest BCUT2D eigenvalue weighted by Gasteiger charge is 2.29. The van der Waals surface area contributed by atoms with Crippen LogP contribution in [0.3, 0.4) is 0 Å². The molecular weight excluding hydrogens is 250 g/mol. The van der Waals surface area contributed by atoms with Gasteiger partial charge in [0.05, 0.1) is 17.9 Å². The van der Waals surface area contributed by atoms with Crippen molar-refractivity contribution in [2.75, 3.05) is 19.7 Å².